The van der Waals surface area contributed by atoms with Crippen LogP contribution in [-0.4, -0.2) is 5.25 Å². The minimum Gasteiger partial charge on any atom is -0.141 e. The van der Waals surface area contributed by atoms with E-state index in [1.54, 1.807) is 0 Å². The Morgan fingerprint density at radius 3 is 2.05 bits per heavy atom. The molecule has 0 spiro atoms. The Bertz CT molecular complexity index is 584. The normalized spacial score (nSPS) is 22.8. The summed E-state index contributed by atoms with van der Waals surface area (Å²) in [7, 11) is 0. The summed E-state index contributed by atoms with van der Waals surface area (Å²) in [6.45, 7) is 4.59. The number of benzene rings is 2. The van der Waals surface area contributed by atoms with Crippen molar-refractivity contribution >= 4 is 17.3 Å². The molecule has 1 heteroatoms. The molecule has 0 radical (unpaired) electrons. The van der Waals surface area contributed by atoms with Gasteiger partial charge in [-0.1, -0.05) is 66.2 Å². The molecule has 19 heavy (non-hydrogen) atoms. The van der Waals surface area contributed by atoms with Gasteiger partial charge in [-0.3, -0.25) is 0 Å². The monoisotopic (exact) mass is 266 g/mol. The molecule has 0 bridgehead atoms. The van der Waals surface area contributed by atoms with E-state index in [1.807, 2.05) is 0 Å². The number of hydrogen-bond donors (Lipinski definition) is 0. The molecule has 3 rings (SSSR count). The zero-order chi connectivity index (χ0) is 13.2. The molecule has 0 saturated heterocycles. The van der Waals surface area contributed by atoms with Crippen LogP contribution < -0.4 is 0 Å². The first-order valence-electron chi connectivity index (χ1n) is 6.74. The molecule has 0 aromatic heterocycles. The van der Waals surface area contributed by atoms with Crippen LogP contribution in [0.2, 0.25) is 0 Å². The van der Waals surface area contributed by atoms with Gasteiger partial charge in [0.05, 0.1) is 5.25 Å². The molecule has 2 atom stereocenters. The lowest BCUT2D eigenvalue weighted by Gasteiger charge is -2.15. The average Bonchev–Trinajstić information content (AvgIpc) is 2.77. The summed E-state index contributed by atoms with van der Waals surface area (Å²) in [6, 6.07) is 21.6. The lowest BCUT2D eigenvalue weighted by atomic mass is 9.93. The summed E-state index contributed by atoms with van der Waals surface area (Å²) in [5, 5.41) is 1.07. The van der Waals surface area contributed by atoms with Gasteiger partial charge in [0, 0.05) is 5.25 Å². The van der Waals surface area contributed by atoms with Gasteiger partial charge in [-0.05, 0) is 30.5 Å². The van der Waals surface area contributed by atoms with E-state index >= 15 is 0 Å². The van der Waals surface area contributed by atoms with Crippen molar-refractivity contribution in [2.45, 2.75) is 24.3 Å². The fourth-order valence-electron chi connectivity index (χ4n) is 2.67. The van der Waals surface area contributed by atoms with Crippen LogP contribution in [0.5, 0.6) is 0 Å². The fraction of sp³-hybridized carbons (Fsp3) is 0.222. The van der Waals surface area contributed by atoms with Gasteiger partial charge in [-0.15, -0.1) is 11.8 Å². The van der Waals surface area contributed by atoms with Crippen LogP contribution in [0.3, 0.4) is 0 Å². The Morgan fingerprint density at radius 2 is 1.42 bits per heavy atom. The molecule has 2 aromatic carbocycles. The summed E-state index contributed by atoms with van der Waals surface area (Å²) in [5.41, 5.74) is 5.80. The van der Waals surface area contributed by atoms with Crippen molar-refractivity contribution in [3.63, 3.8) is 0 Å². The van der Waals surface area contributed by atoms with Crippen LogP contribution in [0, 0.1) is 0 Å². The van der Waals surface area contributed by atoms with Crippen LogP contribution in [0.1, 0.15) is 30.2 Å². The van der Waals surface area contributed by atoms with E-state index in [9.17, 15) is 0 Å². The molecule has 1 aliphatic heterocycles. The van der Waals surface area contributed by atoms with Crippen LogP contribution in [0.4, 0.5) is 0 Å². The van der Waals surface area contributed by atoms with Crippen molar-refractivity contribution in [1.29, 1.82) is 0 Å². The van der Waals surface area contributed by atoms with E-state index in [0.29, 0.717) is 10.5 Å². The topological polar surface area (TPSA) is 0 Å². The van der Waals surface area contributed by atoms with E-state index in [-0.39, 0.29) is 0 Å². The highest BCUT2D eigenvalue weighted by molar-refractivity contribution is 8.01. The Labute approximate surface area is 119 Å². The Hall–Kier alpha value is -1.47. The number of hydrogen-bond acceptors (Lipinski definition) is 1. The molecule has 2 unspecified atom stereocenters. The van der Waals surface area contributed by atoms with Crippen LogP contribution in [0.15, 0.2) is 66.2 Å². The quantitative estimate of drug-likeness (QED) is 0.707. The smallest absolute Gasteiger partial charge is 0.0558 e. The van der Waals surface area contributed by atoms with Gasteiger partial charge in [0.2, 0.25) is 0 Å². The predicted molar refractivity (Wildman–Crippen MR) is 85.3 cm³/mol. The van der Waals surface area contributed by atoms with E-state index in [0.717, 1.165) is 0 Å². The predicted octanol–water partition coefficient (Wildman–Crippen LogP) is 5.34. The van der Waals surface area contributed by atoms with E-state index < -0.39 is 0 Å². The first-order valence-corrected chi connectivity index (χ1v) is 7.68. The molecule has 0 aliphatic carbocycles. The third kappa shape index (κ3) is 2.35. The highest BCUT2D eigenvalue weighted by Gasteiger charge is 2.30. The van der Waals surface area contributed by atoms with E-state index in [1.165, 1.54) is 22.3 Å². The van der Waals surface area contributed by atoms with Crippen molar-refractivity contribution < 1.29 is 0 Å². The minimum atomic E-state index is 0.471. The van der Waals surface area contributed by atoms with E-state index in [4.69, 9.17) is 0 Å². The van der Waals surface area contributed by atoms with Gasteiger partial charge in [-0.25, -0.2) is 0 Å². The Morgan fingerprint density at radius 1 is 0.842 bits per heavy atom. The van der Waals surface area contributed by atoms with Crippen molar-refractivity contribution in [2.24, 2.45) is 0 Å². The summed E-state index contributed by atoms with van der Waals surface area (Å²) >= 11 is 2.06. The SMILES string of the molecule is CC1=C(c2ccccc2)C(c2ccccc2)SC1C. The fourth-order valence-corrected chi connectivity index (χ4v) is 4.18. The third-order valence-corrected chi connectivity index (χ3v) is 5.37. The summed E-state index contributed by atoms with van der Waals surface area (Å²) in [4.78, 5) is 0. The second-order valence-electron chi connectivity index (χ2n) is 5.03. The van der Waals surface area contributed by atoms with Gasteiger partial charge in [-0.2, -0.15) is 0 Å². The van der Waals surface area contributed by atoms with Crippen molar-refractivity contribution in [3.8, 4) is 0 Å². The van der Waals surface area contributed by atoms with Crippen LogP contribution >= 0.6 is 11.8 Å². The highest BCUT2D eigenvalue weighted by Crippen LogP contribution is 2.52. The van der Waals surface area contributed by atoms with Gasteiger partial charge < -0.3 is 0 Å². The van der Waals surface area contributed by atoms with Crippen LogP contribution in [0.25, 0.3) is 5.57 Å². The van der Waals surface area contributed by atoms with E-state index in [2.05, 4.69) is 86.3 Å². The molecule has 2 aromatic rings. The molecular formula is C18H18S. The second-order valence-corrected chi connectivity index (χ2v) is 6.48. The lowest BCUT2D eigenvalue weighted by Crippen LogP contribution is -1.94. The van der Waals surface area contributed by atoms with Crippen molar-refractivity contribution in [1.82, 2.24) is 0 Å². The average molecular weight is 266 g/mol. The molecule has 96 valence electrons. The number of thioether (sulfide) groups is 1. The zero-order valence-electron chi connectivity index (χ0n) is 11.3. The maximum Gasteiger partial charge on any atom is 0.0558 e. The highest BCUT2D eigenvalue weighted by atomic mass is 32.2. The van der Waals surface area contributed by atoms with Gasteiger partial charge in [0.25, 0.3) is 0 Å². The van der Waals surface area contributed by atoms with Crippen molar-refractivity contribution in [3.05, 3.63) is 77.4 Å². The molecule has 0 N–H and O–H groups in total. The molecule has 1 aliphatic rings. The Balaban J connectivity index is 2.07. The summed E-state index contributed by atoms with van der Waals surface area (Å²) in [6.07, 6.45) is 0. The van der Waals surface area contributed by atoms with Crippen molar-refractivity contribution in [2.75, 3.05) is 0 Å². The minimum absolute atomic E-state index is 0.471. The maximum atomic E-state index is 2.31. The lowest BCUT2D eigenvalue weighted by molar-refractivity contribution is 1.14. The summed E-state index contributed by atoms with van der Waals surface area (Å²) < 4.78 is 0. The number of rotatable bonds is 2. The third-order valence-electron chi connectivity index (χ3n) is 3.82. The molecule has 0 fully saturated rings. The summed E-state index contributed by atoms with van der Waals surface area (Å²) in [5.74, 6) is 0. The largest absolute Gasteiger partial charge is 0.141 e. The standard InChI is InChI=1S/C18H18S/c1-13-14(2)19-18(16-11-7-4-8-12-16)17(13)15-9-5-3-6-10-15/h3-12,14,18H,1-2H3. The maximum absolute atomic E-state index is 2.31. The molecule has 1 heterocycles. The molecule has 0 nitrogen and oxygen atoms in total. The van der Waals surface area contributed by atoms with Gasteiger partial charge >= 0.3 is 0 Å². The Kier molecular flexibility index (Phi) is 3.48. The first kappa shape index (κ1) is 12.6. The van der Waals surface area contributed by atoms with Gasteiger partial charge in [0.15, 0.2) is 0 Å². The molecule has 0 amide bonds. The zero-order valence-corrected chi connectivity index (χ0v) is 12.2. The van der Waals surface area contributed by atoms with Gasteiger partial charge in [0.1, 0.15) is 0 Å². The second kappa shape index (κ2) is 5.26. The first-order chi connectivity index (χ1) is 9.27. The molecular weight excluding hydrogens is 248 g/mol. The molecule has 0 saturated carbocycles. The van der Waals surface area contributed by atoms with Crippen LogP contribution in [-0.2, 0) is 0 Å².